The third-order valence-electron chi connectivity index (χ3n) is 3.23. The highest BCUT2D eigenvalue weighted by atomic mass is 32.1. The average molecular weight is 332 g/mol. The van der Waals surface area contributed by atoms with E-state index in [1.54, 1.807) is 0 Å². The van der Waals surface area contributed by atoms with Crippen molar-refractivity contribution in [1.29, 1.82) is 0 Å². The third-order valence-corrected chi connectivity index (χ3v) is 3.60. The molecule has 3 amide bonds. The summed E-state index contributed by atoms with van der Waals surface area (Å²) in [5.74, 6) is -3.30. The van der Waals surface area contributed by atoms with Gasteiger partial charge in [0.05, 0.1) is 12.5 Å². The molecule has 124 valence electrons. The first-order valence-electron chi connectivity index (χ1n) is 6.81. The van der Waals surface area contributed by atoms with E-state index in [9.17, 15) is 19.2 Å². The van der Waals surface area contributed by atoms with Crippen molar-refractivity contribution < 1.29 is 24.3 Å². The normalized spacial score (nSPS) is 20.0. The van der Waals surface area contributed by atoms with Crippen LogP contribution in [0.4, 0.5) is 0 Å². The zero-order valence-electron chi connectivity index (χ0n) is 11.9. The summed E-state index contributed by atoms with van der Waals surface area (Å²) in [6.45, 7) is 0.692. The summed E-state index contributed by atoms with van der Waals surface area (Å²) in [4.78, 5) is 46.0. The van der Waals surface area contributed by atoms with E-state index in [4.69, 9.17) is 10.8 Å². The van der Waals surface area contributed by atoms with Crippen molar-refractivity contribution in [3.05, 3.63) is 0 Å². The van der Waals surface area contributed by atoms with E-state index in [0.29, 0.717) is 13.0 Å². The molecule has 1 aliphatic heterocycles. The van der Waals surface area contributed by atoms with Crippen LogP contribution in [0.1, 0.15) is 19.3 Å². The highest BCUT2D eigenvalue weighted by Crippen LogP contribution is 2.06. The van der Waals surface area contributed by atoms with Gasteiger partial charge in [-0.3, -0.25) is 19.2 Å². The van der Waals surface area contributed by atoms with Crippen LogP contribution in [-0.2, 0) is 19.2 Å². The van der Waals surface area contributed by atoms with E-state index >= 15 is 0 Å². The summed E-state index contributed by atoms with van der Waals surface area (Å²) in [5, 5.41) is 16.5. The number of amides is 3. The highest BCUT2D eigenvalue weighted by Gasteiger charge is 2.30. The van der Waals surface area contributed by atoms with Gasteiger partial charge in [-0.1, -0.05) is 0 Å². The summed E-state index contributed by atoms with van der Waals surface area (Å²) in [6, 6.07) is -2.76. The van der Waals surface area contributed by atoms with Crippen LogP contribution >= 0.6 is 12.6 Å². The molecule has 0 bridgehead atoms. The quantitative estimate of drug-likeness (QED) is 0.273. The zero-order valence-corrected chi connectivity index (χ0v) is 12.8. The van der Waals surface area contributed by atoms with Gasteiger partial charge in [0.2, 0.25) is 17.7 Å². The Hall–Kier alpha value is -1.81. The summed E-state index contributed by atoms with van der Waals surface area (Å²) < 4.78 is 0. The number of hydrogen-bond acceptors (Lipinski definition) is 6. The molecule has 0 unspecified atom stereocenters. The Labute approximate surface area is 132 Å². The van der Waals surface area contributed by atoms with Crippen LogP contribution in [0.15, 0.2) is 0 Å². The minimum absolute atomic E-state index is 0.0288. The Morgan fingerprint density at radius 1 is 1.27 bits per heavy atom. The number of nitrogens with one attached hydrogen (secondary N) is 3. The van der Waals surface area contributed by atoms with Crippen LogP contribution in [0.25, 0.3) is 0 Å². The number of rotatable bonds is 8. The van der Waals surface area contributed by atoms with E-state index in [1.165, 1.54) is 0 Å². The largest absolute Gasteiger partial charge is 0.481 e. The predicted molar refractivity (Wildman–Crippen MR) is 80.2 cm³/mol. The van der Waals surface area contributed by atoms with Gasteiger partial charge in [-0.05, 0) is 19.4 Å². The molecule has 1 heterocycles. The fraction of sp³-hybridized carbons (Fsp3) is 0.667. The molecule has 1 saturated heterocycles. The second-order valence-corrected chi connectivity index (χ2v) is 5.32. The number of carbonyl (C=O) groups is 4. The van der Waals surface area contributed by atoms with Gasteiger partial charge in [0.25, 0.3) is 0 Å². The number of carboxylic acid groups (broad SMARTS) is 1. The monoisotopic (exact) mass is 332 g/mol. The number of nitrogens with two attached hydrogens (primary N) is 1. The molecule has 1 aliphatic rings. The van der Waals surface area contributed by atoms with E-state index in [1.807, 2.05) is 0 Å². The molecule has 1 rings (SSSR count). The number of thiol groups is 1. The van der Waals surface area contributed by atoms with Crippen molar-refractivity contribution in [2.75, 3.05) is 12.3 Å². The Kier molecular flexibility index (Phi) is 7.12. The molecule has 0 spiro atoms. The standard InChI is InChI=1S/C12H20N4O5S/c13-10(19)8(5-22)16-12(21)7(4-9(17)18)15-11(20)6-2-1-3-14-6/h6-8,14,22H,1-5H2,(H2,13,19)(H,15,20)(H,16,21)(H,17,18)/t6-,7-,8-/m0/s1. The molecule has 1 fully saturated rings. The summed E-state index contributed by atoms with van der Waals surface area (Å²) in [5.41, 5.74) is 5.08. The fourth-order valence-electron chi connectivity index (χ4n) is 2.04. The van der Waals surface area contributed by atoms with Gasteiger partial charge < -0.3 is 26.8 Å². The van der Waals surface area contributed by atoms with Gasteiger partial charge in [0, 0.05) is 5.75 Å². The lowest BCUT2D eigenvalue weighted by Gasteiger charge is -2.21. The Morgan fingerprint density at radius 2 is 1.95 bits per heavy atom. The fourth-order valence-corrected chi connectivity index (χ4v) is 2.31. The van der Waals surface area contributed by atoms with Crippen molar-refractivity contribution in [3.8, 4) is 0 Å². The topological polar surface area (TPSA) is 151 Å². The molecule has 0 radical (unpaired) electrons. The molecular weight excluding hydrogens is 312 g/mol. The van der Waals surface area contributed by atoms with Gasteiger partial charge in [-0.15, -0.1) is 0 Å². The molecule has 9 nitrogen and oxygen atoms in total. The molecule has 3 atom stereocenters. The number of hydrogen-bond donors (Lipinski definition) is 6. The Morgan fingerprint density at radius 3 is 2.41 bits per heavy atom. The van der Waals surface area contributed by atoms with Crippen LogP contribution in [0.2, 0.25) is 0 Å². The van der Waals surface area contributed by atoms with Crippen LogP contribution < -0.4 is 21.7 Å². The second kappa shape index (κ2) is 8.59. The summed E-state index contributed by atoms with van der Waals surface area (Å²) in [7, 11) is 0. The minimum atomic E-state index is -1.28. The van der Waals surface area contributed by atoms with E-state index < -0.39 is 48.2 Å². The SMILES string of the molecule is NC(=O)[C@H](CS)NC(=O)[C@H](CC(=O)O)NC(=O)[C@@H]1CCCN1. The van der Waals surface area contributed by atoms with Gasteiger partial charge in [-0.2, -0.15) is 12.6 Å². The van der Waals surface area contributed by atoms with E-state index in [0.717, 1.165) is 6.42 Å². The Balaban J connectivity index is 2.69. The van der Waals surface area contributed by atoms with Gasteiger partial charge in [0.15, 0.2) is 0 Å². The van der Waals surface area contributed by atoms with Crippen molar-refractivity contribution in [2.24, 2.45) is 5.73 Å². The molecule has 22 heavy (non-hydrogen) atoms. The molecule has 6 N–H and O–H groups in total. The van der Waals surface area contributed by atoms with Crippen molar-refractivity contribution in [2.45, 2.75) is 37.4 Å². The van der Waals surface area contributed by atoms with E-state index in [2.05, 4.69) is 28.6 Å². The second-order valence-electron chi connectivity index (χ2n) is 4.95. The number of aliphatic carboxylic acids is 1. The number of primary amides is 1. The lowest BCUT2D eigenvalue weighted by atomic mass is 10.1. The molecule has 0 aromatic carbocycles. The van der Waals surface area contributed by atoms with E-state index in [-0.39, 0.29) is 5.75 Å². The van der Waals surface area contributed by atoms with Crippen molar-refractivity contribution in [1.82, 2.24) is 16.0 Å². The van der Waals surface area contributed by atoms with Gasteiger partial charge in [-0.25, -0.2) is 0 Å². The molecule has 10 heteroatoms. The molecule has 0 saturated carbocycles. The average Bonchev–Trinajstić information content (AvgIpc) is 2.96. The molecule has 0 aromatic heterocycles. The lowest BCUT2D eigenvalue weighted by Crippen LogP contribution is -2.56. The molecule has 0 aliphatic carbocycles. The molecular formula is C12H20N4O5S. The van der Waals surface area contributed by atoms with Crippen molar-refractivity contribution in [3.63, 3.8) is 0 Å². The van der Waals surface area contributed by atoms with Crippen LogP contribution in [0.5, 0.6) is 0 Å². The zero-order chi connectivity index (χ0) is 16.7. The first kappa shape index (κ1) is 18.2. The smallest absolute Gasteiger partial charge is 0.305 e. The first-order chi connectivity index (χ1) is 10.3. The highest BCUT2D eigenvalue weighted by molar-refractivity contribution is 7.80. The molecule has 0 aromatic rings. The maximum atomic E-state index is 12.1. The maximum absolute atomic E-state index is 12.1. The van der Waals surface area contributed by atoms with Crippen LogP contribution in [-0.4, -0.2) is 59.2 Å². The lowest BCUT2D eigenvalue weighted by molar-refractivity contribution is -0.141. The third kappa shape index (κ3) is 5.53. The van der Waals surface area contributed by atoms with Crippen LogP contribution in [0, 0.1) is 0 Å². The minimum Gasteiger partial charge on any atom is -0.481 e. The predicted octanol–water partition coefficient (Wildman–Crippen LogP) is -2.40. The first-order valence-corrected chi connectivity index (χ1v) is 7.44. The summed E-state index contributed by atoms with van der Waals surface area (Å²) in [6.07, 6.45) is 0.855. The van der Waals surface area contributed by atoms with Gasteiger partial charge in [0.1, 0.15) is 12.1 Å². The Bertz CT molecular complexity index is 453. The number of carbonyl (C=O) groups excluding carboxylic acids is 3. The van der Waals surface area contributed by atoms with Crippen molar-refractivity contribution >= 4 is 36.3 Å². The van der Waals surface area contributed by atoms with Crippen LogP contribution in [0.3, 0.4) is 0 Å². The van der Waals surface area contributed by atoms with Gasteiger partial charge >= 0.3 is 5.97 Å². The maximum Gasteiger partial charge on any atom is 0.305 e. The summed E-state index contributed by atoms with van der Waals surface area (Å²) >= 11 is 3.88. The number of carboxylic acids is 1.